The number of hydrogen-bond donors (Lipinski definition) is 2. The maximum atomic E-state index is 14.9. The summed E-state index contributed by atoms with van der Waals surface area (Å²) < 4.78 is 35.4. The lowest BCUT2D eigenvalue weighted by Crippen LogP contribution is -2.29. The Labute approximate surface area is 205 Å². The molecule has 0 saturated heterocycles. The number of aryl methyl sites for hydroxylation is 3. The highest BCUT2D eigenvalue weighted by molar-refractivity contribution is 5.72. The molecule has 2 atom stereocenters. The lowest BCUT2D eigenvalue weighted by atomic mass is 9.89. The average molecular weight is 482 g/mol. The third-order valence-corrected chi connectivity index (χ3v) is 6.86. The van der Waals surface area contributed by atoms with Gasteiger partial charge in [-0.3, -0.25) is 0 Å². The van der Waals surface area contributed by atoms with Crippen molar-refractivity contribution >= 4 is 0 Å². The van der Waals surface area contributed by atoms with E-state index in [1.807, 2.05) is 38.2 Å². The SMILES string of the molecule is Cc1cc(CCC(C)(O)CO)cc(C)c1-c1cc(COc2cc3c(cn2)CC(C)C3)c(F)cc1F. The molecule has 4 rings (SSSR count). The summed E-state index contributed by atoms with van der Waals surface area (Å²) in [6.07, 6.45) is 4.80. The van der Waals surface area contributed by atoms with Gasteiger partial charge in [-0.2, -0.15) is 0 Å². The predicted octanol–water partition coefficient (Wildman–Crippen LogP) is 5.63. The zero-order valence-electron chi connectivity index (χ0n) is 20.8. The van der Waals surface area contributed by atoms with Gasteiger partial charge < -0.3 is 14.9 Å². The van der Waals surface area contributed by atoms with Crippen molar-refractivity contribution in [2.24, 2.45) is 5.92 Å². The van der Waals surface area contributed by atoms with Crippen LogP contribution in [0.15, 0.2) is 36.5 Å². The number of ether oxygens (including phenoxy) is 1. The van der Waals surface area contributed by atoms with Crippen molar-refractivity contribution in [3.63, 3.8) is 0 Å². The number of nitrogens with zero attached hydrogens (tertiary/aromatic N) is 1. The summed E-state index contributed by atoms with van der Waals surface area (Å²) in [6, 6.07) is 8.25. The molecule has 35 heavy (non-hydrogen) atoms. The normalized spacial score (nSPS) is 16.7. The van der Waals surface area contributed by atoms with Crippen LogP contribution < -0.4 is 4.74 Å². The van der Waals surface area contributed by atoms with Crippen molar-refractivity contribution in [1.82, 2.24) is 4.98 Å². The number of hydrogen-bond acceptors (Lipinski definition) is 4. The van der Waals surface area contributed by atoms with E-state index in [1.54, 1.807) is 6.92 Å². The number of aliphatic hydroxyl groups is 2. The maximum Gasteiger partial charge on any atom is 0.213 e. The first-order valence-electron chi connectivity index (χ1n) is 12.1. The highest BCUT2D eigenvalue weighted by atomic mass is 19.1. The van der Waals surface area contributed by atoms with Crippen LogP contribution in [0, 0.1) is 31.4 Å². The van der Waals surface area contributed by atoms with Gasteiger partial charge in [0.1, 0.15) is 18.2 Å². The summed E-state index contributed by atoms with van der Waals surface area (Å²) in [5.74, 6) is -0.254. The third-order valence-electron chi connectivity index (χ3n) is 6.86. The lowest BCUT2D eigenvalue weighted by Gasteiger charge is -2.21. The first-order chi connectivity index (χ1) is 16.6. The largest absolute Gasteiger partial charge is 0.473 e. The molecule has 1 aliphatic rings. The number of pyridine rings is 1. The Morgan fingerprint density at radius 3 is 2.40 bits per heavy atom. The van der Waals surface area contributed by atoms with Crippen LogP contribution in [0.25, 0.3) is 11.1 Å². The van der Waals surface area contributed by atoms with Crippen LogP contribution in [0.1, 0.15) is 53.6 Å². The molecule has 0 saturated carbocycles. The summed E-state index contributed by atoms with van der Waals surface area (Å²) in [5, 5.41) is 19.4. The van der Waals surface area contributed by atoms with Crippen LogP contribution in [0.5, 0.6) is 5.88 Å². The molecule has 1 heterocycles. The minimum absolute atomic E-state index is 0.0487. The van der Waals surface area contributed by atoms with E-state index in [9.17, 15) is 19.0 Å². The summed E-state index contributed by atoms with van der Waals surface area (Å²) in [6.45, 7) is 7.22. The van der Waals surface area contributed by atoms with Gasteiger partial charge in [0, 0.05) is 29.5 Å². The van der Waals surface area contributed by atoms with E-state index < -0.39 is 17.2 Å². The second-order valence-electron chi connectivity index (χ2n) is 10.3. The van der Waals surface area contributed by atoms with Crippen molar-refractivity contribution in [2.75, 3.05) is 6.61 Å². The first kappa shape index (κ1) is 25.3. The zero-order chi connectivity index (χ0) is 25.3. The summed E-state index contributed by atoms with van der Waals surface area (Å²) >= 11 is 0. The molecule has 6 heteroatoms. The summed E-state index contributed by atoms with van der Waals surface area (Å²) in [7, 11) is 0. The van der Waals surface area contributed by atoms with E-state index in [0.29, 0.717) is 35.8 Å². The number of aromatic nitrogens is 1. The van der Waals surface area contributed by atoms with Crippen molar-refractivity contribution in [2.45, 2.75) is 65.6 Å². The smallest absolute Gasteiger partial charge is 0.213 e. The van der Waals surface area contributed by atoms with Gasteiger partial charge in [0.2, 0.25) is 5.88 Å². The Balaban J connectivity index is 1.57. The molecule has 186 valence electrons. The Bertz CT molecular complexity index is 1220. The van der Waals surface area contributed by atoms with Crippen molar-refractivity contribution in [1.29, 1.82) is 0 Å². The molecule has 0 spiro atoms. The van der Waals surface area contributed by atoms with E-state index in [2.05, 4.69) is 11.9 Å². The van der Waals surface area contributed by atoms with Gasteiger partial charge in [-0.05, 0) is 91.8 Å². The molecule has 0 aliphatic heterocycles. The number of halogens is 2. The minimum atomic E-state index is -1.15. The van der Waals surface area contributed by atoms with E-state index in [0.717, 1.165) is 35.6 Å². The van der Waals surface area contributed by atoms with E-state index in [1.165, 1.54) is 17.2 Å². The molecule has 0 fully saturated rings. The fraction of sp³-hybridized carbons (Fsp3) is 0.414. The van der Waals surface area contributed by atoms with Crippen molar-refractivity contribution < 1.29 is 23.7 Å². The Morgan fingerprint density at radius 1 is 1.03 bits per heavy atom. The fourth-order valence-electron chi connectivity index (χ4n) is 4.94. The number of benzene rings is 2. The number of fused-ring (bicyclic) bond motifs is 1. The molecule has 0 amide bonds. The van der Waals surface area contributed by atoms with Crippen LogP contribution in [0.4, 0.5) is 8.78 Å². The summed E-state index contributed by atoms with van der Waals surface area (Å²) in [5.41, 5.74) is 5.30. The second-order valence-corrected chi connectivity index (χ2v) is 10.3. The second kappa shape index (κ2) is 10.0. The Morgan fingerprint density at radius 2 is 1.71 bits per heavy atom. The molecule has 1 aromatic heterocycles. The third kappa shape index (κ3) is 5.71. The molecule has 2 aromatic carbocycles. The van der Waals surface area contributed by atoms with Gasteiger partial charge in [-0.15, -0.1) is 0 Å². The average Bonchev–Trinajstić information content (AvgIpc) is 3.17. The maximum absolute atomic E-state index is 14.9. The van der Waals surface area contributed by atoms with Gasteiger partial charge in [0.25, 0.3) is 0 Å². The van der Waals surface area contributed by atoms with Crippen LogP contribution in [0.2, 0.25) is 0 Å². The van der Waals surface area contributed by atoms with Crippen LogP contribution in [0.3, 0.4) is 0 Å². The van der Waals surface area contributed by atoms with E-state index in [4.69, 9.17) is 4.74 Å². The van der Waals surface area contributed by atoms with E-state index >= 15 is 0 Å². The summed E-state index contributed by atoms with van der Waals surface area (Å²) in [4.78, 5) is 4.35. The van der Waals surface area contributed by atoms with Crippen LogP contribution in [-0.2, 0) is 25.9 Å². The quantitative estimate of drug-likeness (QED) is 0.438. The van der Waals surface area contributed by atoms with Crippen molar-refractivity contribution in [3.8, 4) is 17.0 Å². The zero-order valence-corrected chi connectivity index (χ0v) is 20.8. The Hall–Kier alpha value is -2.83. The molecular formula is C29H33F2NO3. The standard InChI is InChI=1S/C29H33F2NO3/c1-17-7-21-12-27(32-14-22(21)8-17)35-15-23-11-24(26(31)13-25(23)30)28-18(2)9-20(10-19(28)3)5-6-29(4,34)16-33/h9-14,17,33-34H,5-8,15-16H2,1-4H3. The highest BCUT2D eigenvalue weighted by Gasteiger charge is 2.21. The minimum Gasteiger partial charge on any atom is -0.473 e. The van der Waals surface area contributed by atoms with Crippen LogP contribution in [-0.4, -0.2) is 27.4 Å². The predicted molar refractivity (Wildman–Crippen MR) is 132 cm³/mol. The first-order valence-corrected chi connectivity index (χ1v) is 12.1. The molecule has 2 unspecified atom stereocenters. The molecule has 3 aromatic rings. The monoisotopic (exact) mass is 481 g/mol. The number of aliphatic hydroxyl groups excluding tert-OH is 1. The lowest BCUT2D eigenvalue weighted by molar-refractivity contribution is -0.00474. The molecule has 0 radical (unpaired) electrons. The molecule has 1 aliphatic carbocycles. The van der Waals surface area contributed by atoms with E-state index in [-0.39, 0.29) is 18.8 Å². The van der Waals surface area contributed by atoms with Crippen LogP contribution >= 0.6 is 0 Å². The topological polar surface area (TPSA) is 62.6 Å². The number of rotatable bonds is 8. The highest BCUT2D eigenvalue weighted by Crippen LogP contribution is 2.33. The molecular weight excluding hydrogens is 448 g/mol. The van der Waals surface area contributed by atoms with Gasteiger partial charge in [-0.25, -0.2) is 13.8 Å². The molecule has 0 bridgehead atoms. The van der Waals surface area contributed by atoms with Gasteiger partial charge >= 0.3 is 0 Å². The Kier molecular flexibility index (Phi) is 7.25. The molecule has 4 nitrogen and oxygen atoms in total. The van der Waals surface area contributed by atoms with Gasteiger partial charge in [0.15, 0.2) is 0 Å². The van der Waals surface area contributed by atoms with Gasteiger partial charge in [-0.1, -0.05) is 19.1 Å². The molecule has 2 N–H and O–H groups in total. The fourth-order valence-corrected chi connectivity index (χ4v) is 4.94. The van der Waals surface area contributed by atoms with Gasteiger partial charge in [0.05, 0.1) is 12.2 Å². The van der Waals surface area contributed by atoms with Crippen molar-refractivity contribution in [3.05, 3.63) is 81.5 Å².